The second-order valence-electron chi connectivity index (χ2n) is 4.89. The van der Waals surface area contributed by atoms with Crippen LogP contribution in [0.1, 0.15) is 57.8 Å². The van der Waals surface area contributed by atoms with E-state index >= 15 is 0 Å². The first-order chi connectivity index (χ1) is 7.47. The average Bonchev–Trinajstić information content (AvgIpc) is 2.65. The highest BCUT2D eigenvalue weighted by Gasteiger charge is 2.26. The molecule has 0 spiro atoms. The Morgan fingerprint density at radius 3 is 2.31 bits per heavy atom. The molecule has 1 unspecified atom stereocenters. The number of aliphatic hydroxyl groups excluding tert-OH is 1. The molecule has 0 radical (unpaired) electrons. The molecule has 0 aliphatic heterocycles. The maximum atomic E-state index is 11.9. The summed E-state index contributed by atoms with van der Waals surface area (Å²) in [7, 11) is 0. The zero-order chi connectivity index (χ0) is 12.0. The van der Waals surface area contributed by atoms with Gasteiger partial charge in [-0.25, -0.2) is 0 Å². The van der Waals surface area contributed by atoms with Crippen molar-refractivity contribution in [1.29, 1.82) is 0 Å². The summed E-state index contributed by atoms with van der Waals surface area (Å²) in [6.45, 7) is 0. The summed E-state index contributed by atoms with van der Waals surface area (Å²) in [5.41, 5.74) is 0. The quantitative estimate of drug-likeness (QED) is 0.740. The maximum absolute atomic E-state index is 11.9. The third kappa shape index (κ3) is 6.36. The Balaban J connectivity index is 2.00. The van der Waals surface area contributed by atoms with Crippen LogP contribution in [0.3, 0.4) is 0 Å². The minimum atomic E-state index is -4.08. The van der Waals surface area contributed by atoms with Gasteiger partial charge in [0.05, 0.1) is 6.10 Å². The first kappa shape index (κ1) is 13.8. The molecule has 0 saturated heterocycles. The summed E-state index contributed by atoms with van der Waals surface area (Å²) >= 11 is 0. The third-order valence-corrected chi connectivity index (χ3v) is 3.38. The van der Waals surface area contributed by atoms with E-state index in [4.69, 9.17) is 0 Å². The molecule has 1 fully saturated rings. The van der Waals surface area contributed by atoms with Gasteiger partial charge in [0.2, 0.25) is 0 Å². The maximum Gasteiger partial charge on any atom is 0.389 e. The molecule has 1 N–H and O–H groups in total. The number of halogens is 3. The highest BCUT2D eigenvalue weighted by atomic mass is 19.4. The average molecular weight is 238 g/mol. The predicted octanol–water partition coefficient (Wildman–Crippen LogP) is 4.05. The first-order valence-corrected chi connectivity index (χ1v) is 6.22. The molecule has 1 rings (SSSR count). The van der Waals surface area contributed by atoms with E-state index in [1.165, 1.54) is 25.7 Å². The van der Waals surface area contributed by atoms with Crippen LogP contribution < -0.4 is 0 Å². The van der Waals surface area contributed by atoms with Crippen molar-refractivity contribution in [2.45, 2.75) is 70.1 Å². The van der Waals surface area contributed by atoms with Crippen molar-refractivity contribution in [2.24, 2.45) is 5.92 Å². The second-order valence-corrected chi connectivity index (χ2v) is 4.89. The van der Waals surface area contributed by atoms with Gasteiger partial charge in [0.25, 0.3) is 0 Å². The fourth-order valence-electron chi connectivity index (χ4n) is 2.41. The Labute approximate surface area is 95.0 Å². The topological polar surface area (TPSA) is 20.2 Å². The van der Waals surface area contributed by atoms with Crippen LogP contribution in [0.5, 0.6) is 0 Å². The van der Waals surface area contributed by atoms with Crippen molar-refractivity contribution in [3.8, 4) is 0 Å². The molecule has 1 atom stereocenters. The van der Waals surface area contributed by atoms with E-state index < -0.39 is 18.7 Å². The molecule has 0 aromatic heterocycles. The van der Waals surface area contributed by atoms with Crippen molar-refractivity contribution in [3.63, 3.8) is 0 Å². The molecule has 0 amide bonds. The fraction of sp³-hybridized carbons (Fsp3) is 1.00. The van der Waals surface area contributed by atoms with Crippen LogP contribution >= 0.6 is 0 Å². The summed E-state index contributed by atoms with van der Waals surface area (Å²) in [6.07, 6.45) is 1.60. The molecule has 1 saturated carbocycles. The Morgan fingerprint density at radius 2 is 1.75 bits per heavy atom. The number of hydrogen-bond acceptors (Lipinski definition) is 1. The summed E-state index contributed by atoms with van der Waals surface area (Å²) in [5, 5.41) is 9.54. The molecule has 4 heteroatoms. The van der Waals surface area contributed by atoms with E-state index in [1.54, 1.807) is 0 Å². The van der Waals surface area contributed by atoms with Crippen molar-refractivity contribution in [2.75, 3.05) is 0 Å². The van der Waals surface area contributed by atoms with Gasteiger partial charge in [0, 0.05) is 6.42 Å². The van der Waals surface area contributed by atoms with Gasteiger partial charge in [-0.1, -0.05) is 25.7 Å². The molecule has 96 valence electrons. The highest BCUT2D eigenvalue weighted by Crippen LogP contribution is 2.29. The zero-order valence-corrected chi connectivity index (χ0v) is 9.60. The van der Waals surface area contributed by atoms with E-state index in [0.29, 0.717) is 12.3 Å². The Hall–Kier alpha value is -0.250. The van der Waals surface area contributed by atoms with Crippen LogP contribution in [-0.4, -0.2) is 17.4 Å². The summed E-state index contributed by atoms with van der Waals surface area (Å²) in [4.78, 5) is 0. The van der Waals surface area contributed by atoms with Gasteiger partial charge in [-0.05, 0) is 31.6 Å². The molecule has 0 heterocycles. The molecular formula is C12H21F3O. The molecule has 0 bridgehead atoms. The smallest absolute Gasteiger partial charge is 0.389 e. The number of rotatable bonds is 6. The van der Waals surface area contributed by atoms with Gasteiger partial charge in [-0.15, -0.1) is 0 Å². The van der Waals surface area contributed by atoms with Crippen LogP contribution in [0.4, 0.5) is 13.2 Å². The molecule has 1 nitrogen and oxygen atoms in total. The van der Waals surface area contributed by atoms with Gasteiger partial charge in [-0.3, -0.25) is 0 Å². The second kappa shape index (κ2) is 6.48. The molecular weight excluding hydrogens is 217 g/mol. The Kier molecular flexibility index (Phi) is 5.59. The number of alkyl halides is 3. The first-order valence-electron chi connectivity index (χ1n) is 6.22. The molecule has 1 aliphatic carbocycles. The summed E-state index contributed by atoms with van der Waals surface area (Å²) in [6, 6.07) is 0. The minimum absolute atomic E-state index is 0.0509. The lowest BCUT2D eigenvalue weighted by molar-refractivity contribution is -0.136. The lowest BCUT2D eigenvalue weighted by atomic mass is 9.97. The summed E-state index contributed by atoms with van der Waals surface area (Å²) in [5.74, 6) is 0.706. The van der Waals surface area contributed by atoms with E-state index in [9.17, 15) is 18.3 Å². The SMILES string of the molecule is OC(CCCC(F)(F)F)CCC1CCCC1. The normalized spacial score (nSPS) is 20.2. The Bertz CT molecular complexity index is 185. The fourth-order valence-corrected chi connectivity index (χ4v) is 2.41. The van der Waals surface area contributed by atoms with E-state index in [-0.39, 0.29) is 12.8 Å². The van der Waals surface area contributed by atoms with Crippen molar-refractivity contribution in [3.05, 3.63) is 0 Å². The molecule has 0 aromatic carbocycles. The van der Waals surface area contributed by atoms with Gasteiger partial charge in [-0.2, -0.15) is 13.2 Å². The lowest BCUT2D eigenvalue weighted by Gasteiger charge is -2.14. The van der Waals surface area contributed by atoms with Crippen molar-refractivity contribution >= 4 is 0 Å². The third-order valence-electron chi connectivity index (χ3n) is 3.38. The highest BCUT2D eigenvalue weighted by molar-refractivity contribution is 4.69. The van der Waals surface area contributed by atoms with Gasteiger partial charge < -0.3 is 5.11 Å². The standard InChI is InChI=1S/C12H21F3O/c13-12(14,15)9-3-6-11(16)8-7-10-4-1-2-5-10/h10-11,16H,1-9H2. The van der Waals surface area contributed by atoms with E-state index in [1.807, 2.05) is 0 Å². The van der Waals surface area contributed by atoms with Gasteiger partial charge in [0.15, 0.2) is 0 Å². The number of aliphatic hydroxyl groups is 1. The van der Waals surface area contributed by atoms with Gasteiger partial charge >= 0.3 is 6.18 Å². The van der Waals surface area contributed by atoms with E-state index in [0.717, 1.165) is 6.42 Å². The van der Waals surface area contributed by atoms with Crippen LogP contribution in [0.15, 0.2) is 0 Å². The van der Waals surface area contributed by atoms with Crippen molar-refractivity contribution in [1.82, 2.24) is 0 Å². The molecule has 1 aliphatic rings. The molecule has 0 aromatic rings. The van der Waals surface area contributed by atoms with Crippen LogP contribution in [0.25, 0.3) is 0 Å². The largest absolute Gasteiger partial charge is 0.393 e. The van der Waals surface area contributed by atoms with Gasteiger partial charge in [0.1, 0.15) is 0 Å². The van der Waals surface area contributed by atoms with Crippen LogP contribution in [0, 0.1) is 5.92 Å². The minimum Gasteiger partial charge on any atom is -0.393 e. The van der Waals surface area contributed by atoms with E-state index in [2.05, 4.69) is 0 Å². The lowest BCUT2D eigenvalue weighted by Crippen LogP contribution is -2.12. The van der Waals surface area contributed by atoms with Crippen LogP contribution in [0.2, 0.25) is 0 Å². The van der Waals surface area contributed by atoms with Crippen molar-refractivity contribution < 1.29 is 18.3 Å². The predicted molar refractivity (Wildman–Crippen MR) is 57.1 cm³/mol. The Morgan fingerprint density at radius 1 is 1.12 bits per heavy atom. The monoisotopic (exact) mass is 238 g/mol. The number of hydrogen-bond donors (Lipinski definition) is 1. The molecule has 16 heavy (non-hydrogen) atoms. The van der Waals surface area contributed by atoms with Crippen LogP contribution in [-0.2, 0) is 0 Å². The zero-order valence-electron chi connectivity index (χ0n) is 9.60. The summed E-state index contributed by atoms with van der Waals surface area (Å²) < 4.78 is 35.6.